The summed E-state index contributed by atoms with van der Waals surface area (Å²) in [6.45, 7) is 4.12. The van der Waals surface area contributed by atoms with Gasteiger partial charge in [-0.2, -0.15) is 0 Å². The molecule has 1 N–H and O–H groups in total. The zero-order valence-electron chi connectivity index (χ0n) is 54.7. The van der Waals surface area contributed by atoms with Crippen LogP contribution in [0.15, 0.2) is 194 Å². The van der Waals surface area contributed by atoms with Gasteiger partial charge in [0.1, 0.15) is 19.8 Å². The van der Waals surface area contributed by atoms with Gasteiger partial charge < -0.3 is 18.9 Å². The van der Waals surface area contributed by atoms with Crippen molar-refractivity contribution in [2.45, 2.75) is 225 Å². The number of quaternary nitrogens is 1. The van der Waals surface area contributed by atoms with Crippen LogP contribution in [-0.2, 0) is 32.7 Å². The van der Waals surface area contributed by atoms with Crippen molar-refractivity contribution in [3.05, 3.63) is 194 Å². The fourth-order valence-electron chi connectivity index (χ4n) is 8.10. The molecule has 482 valence electrons. The van der Waals surface area contributed by atoms with Crippen molar-refractivity contribution in [1.82, 2.24) is 0 Å². The van der Waals surface area contributed by atoms with E-state index >= 15 is 0 Å². The van der Waals surface area contributed by atoms with Gasteiger partial charge in [-0.05, 0) is 141 Å². The third-order valence-electron chi connectivity index (χ3n) is 13.1. The number of hydrogen-bond acceptors (Lipinski definition) is 7. The molecular formula is C76H121NO8P+. The highest BCUT2D eigenvalue weighted by Crippen LogP contribution is 2.43. The molecule has 0 radical (unpaired) electrons. The summed E-state index contributed by atoms with van der Waals surface area (Å²) in [6, 6.07) is 0. The molecule has 0 aliphatic rings. The average Bonchev–Trinajstić information content (AvgIpc) is 3.70. The molecule has 0 heterocycles. The van der Waals surface area contributed by atoms with Gasteiger partial charge in [0, 0.05) is 12.8 Å². The number of nitrogens with zero attached hydrogens (tertiary/aromatic N) is 1. The van der Waals surface area contributed by atoms with Crippen LogP contribution in [0.5, 0.6) is 0 Å². The van der Waals surface area contributed by atoms with Gasteiger partial charge in [-0.1, -0.05) is 260 Å². The SMILES string of the molecule is CC/C=C\C/C=C\C/C=C\C/C=C\C/C=C\C/C=C\C/C=C\C/C=C\C/C=C\C/C=C\CCCCCCCCCCCCC(=O)OC(COC(=O)CCCC/C=C\C/C=C\C/C=C\C/C=C\C/C=C\C/C=C\CC)COP(=O)(O)OCC[N+](C)(C)C. The highest BCUT2D eigenvalue weighted by molar-refractivity contribution is 7.47. The molecule has 0 bridgehead atoms. The molecule has 86 heavy (non-hydrogen) atoms. The normalized spacial score (nSPS) is 14.4. The number of unbranched alkanes of at least 4 members (excludes halogenated alkanes) is 12. The molecule has 2 unspecified atom stereocenters. The quantitative estimate of drug-likeness (QED) is 0.0211. The van der Waals surface area contributed by atoms with E-state index in [0.29, 0.717) is 23.9 Å². The highest BCUT2D eigenvalue weighted by atomic mass is 31.2. The Kier molecular flexibility index (Phi) is 60.5. The van der Waals surface area contributed by atoms with Crippen molar-refractivity contribution in [3.8, 4) is 0 Å². The molecule has 0 fully saturated rings. The summed E-state index contributed by atoms with van der Waals surface area (Å²) in [6.07, 6.45) is 101. The fourth-order valence-corrected chi connectivity index (χ4v) is 8.85. The van der Waals surface area contributed by atoms with Crippen LogP contribution in [0.3, 0.4) is 0 Å². The first-order valence-corrected chi connectivity index (χ1v) is 34.7. The maximum atomic E-state index is 12.9. The van der Waals surface area contributed by atoms with Crippen molar-refractivity contribution in [3.63, 3.8) is 0 Å². The van der Waals surface area contributed by atoms with Crippen LogP contribution in [0.25, 0.3) is 0 Å². The number of allylic oxidation sites excluding steroid dienone is 32. The topological polar surface area (TPSA) is 108 Å². The van der Waals surface area contributed by atoms with Crippen LogP contribution in [-0.4, -0.2) is 74.9 Å². The Morgan fingerprint density at radius 1 is 0.360 bits per heavy atom. The molecule has 0 spiro atoms. The Hall–Kier alpha value is -5.15. The van der Waals surface area contributed by atoms with Gasteiger partial charge in [0.05, 0.1) is 27.7 Å². The minimum atomic E-state index is -4.42. The van der Waals surface area contributed by atoms with Crippen LogP contribution >= 0.6 is 7.82 Å². The number of esters is 2. The predicted octanol–water partition coefficient (Wildman–Crippen LogP) is 21.7. The number of phosphoric ester groups is 1. The van der Waals surface area contributed by atoms with Gasteiger partial charge in [0.2, 0.25) is 0 Å². The van der Waals surface area contributed by atoms with Crippen molar-refractivity contribution in [1.29, 1.82) is 0 Å². The molecule has 0 aromatic carbocycles. The van der Waals surface area contributed by atoms with E-state index in [2.05, 4.69) is 208 Å². The molecular weight excluding hydrogens is 1090 g/mol. The van der Waals surface area contributed by atoms with Gasteiger partial charge in [-0.25, -0.2) is 4.57 Å². The molecule has 0 aliphatic carbocycles. The van der Waals surface area contributed by atoms with Crippen LogP contribution in [0.2, 0.25) is 0 Å². The predicted molar refractivity (Wildman–Crippen MR) is 371 cm³/mol. The Labute approximate surface area is 526 Å². The second kappa shape index (κ2) is 64.3. The minimum absolute atomic E-state index is 0.0129. The van der Waals surface area contributed by atoms with E-state index in [-0.39, 0.29) is 26.1 Å². The number of rotatable bonds is 58. The molecule has 10 heteroatoms. The number of carbonyl (C=O) groups excluding carboxylic acids is 2. The lowest BCUT2D eigenvalue weighted by Crippen LogP contribution is -2.37. The zero-order valence-corrected chi connectivity index (χ0v) is 55.6. The number of carbonyl (C=O) groups is 2. The third-order valence-corrected chi connectivity index (χ3v) is 14.1. The van der Waals surface area contributed by atoms with E-state index in [9.17, 15) is 19.0 Å². The second-order valence-electron chi connectivity index (χ2n) is 22.4. The second-order valence-corrected chi connectivity index (χ2v) is 23.8. The zero-order chi connectivity index (χ0) is 62.6. The molecule has 0 aromatic rings. The summed E-state index contributed by atoms with van der Waals surface area (Å²) >= 11 is 0. The number of hydrogen-bond donors (Lipinski definition) is 1. The van der Waals surface area contributed by atoms with E-state index in [1.807, 2.05) is 21.1 Å². The van der Waals surface area contributed by atoms with E-state index in [0.717, 1.165) is 141 Å². The van der Waals surface area contributed by atoms with Crippen LogP contribution in [0.4, 0.5) is 0 Å². The molecule has 0 saturated heterocycles. The maximum absolute atomic E-state index is 12.9. The van der Waals surface area contributed by atoms with Gasteiger partial charge in [0.25, 0.3) is 0 Å². The summed E-state index contributed by atoms with van der Waals surface area (Å²) < 4.78 is 34.6. The smallest absolute Gasteiger partial charge is 0.462 e. The van der Waals surface area contributed by atoms with Gasteiger partial charge in [0.15, 0.2) is 6.10 Å². The van der Waals surface area contributed by atoms with Crippen molar-refractivity contribution in [2.75, 3.05) is 47.5 Å². The summed E-state index contributed by atoms with van der Waals surface area (Å²) in [5.74, 6) is -0.868. The highest BCUT2D eigenvalue weighted by Gasteiger charge is 2.27. The van der Waals surface area contributed by atoms with Gasteiger partial charge in [-0.3, -0.25) is 18.6 Å². The molecule has 0 aliphatic heterocycles. The summed E-state index contributed by atoms with van der Waals surface area (Å²) in [5, 5.41) is 0. The number of phosphoric acid groups is 1. The first-order chi connectivity index (χ1) is 42.0. The summed E-state index contributed by atoms with van der Waals surface area (Å²) in [5.41, 5.74) is 0. The largest absolute Gasteiger partial charge is 0.472 e. The molecule has 0 aromatic heterocycles. The van der Waals surface area contributed by atoms with E-state index in [1.54, 1.807) is 0 Å². The summed E-state index contributed by atoms with van der Waals surface area (Å²) in [4.78, 5) is 35.8. The lowest BCUT2D eigenvalue weighted by atomic mass is 10.0. The molecule has 0 rings (SSSR count). The lowest BCUT2D eigenvalue weighted by Gasteiger charge is -2.24. The van der Waals surface area contributed by atoms with Crippen LogP contribution in [0, 0.1) is 0 Å². The van der Waals surface area contributed by atoms with Crippen LogP contribution in [0.1, 0.15) is 219 Å². The standard InChI is InChI=1S/C76H120NO8P/c1-6-8-10-12-14-16-18-20-22-24-26-28-29-30-31-32-33-34-35-36-37-38-39-40-41-42-43-44-45-46-47-49-51-53-55-57-59-61-63-65-67-69-76(79)85-74(73-84-86(80,81)83-71-70-77(3,4)5)72-82-75(78)68-66-64-62-60-58-56-54-52-50-48-27-25-23-21-19-17-15-13-11-9-7-2/h8-11,14-17,20-23,26-28,30-31,33-34,36-37,39-40,42-43,45-46,48,52,54,58,60,74H,6-7,12-13,18-19,24-25,29,32,35,38,41,44,47,49-51,53,55-57,59,61-73H2,1-5H3/p+1/b10-8-,11-9-,16-14-,17-15-,22-20-,23-21-,28-26-,31-30-,34-33-,37-36-,40-39-,43-42-,46-45-,48-27-,54-52-,60-58-. The number of likely N-dealkylation sites (N-methyl/N-ethyl adjacent to an activating group) is 1. The molecule has 0 saturated carbocycles. The monoisotopic (exact) mass is 1210 g/mol. The molecule has 0 amide bonds. The van der Waals surface area contributed by atoms with E-state index in [1.165, 1.54) is 38.5 Å². The van der Waals surface area contributed by atoms with E-state index in [4.69, 9.17) is 18.5 Å². The lowest BCUT2D eigenvalue weighted by molar-refractivity contribution is -0.870. The van der Waals surface area contributed by atoms with Gasteiger partial charge in [-0.15, -0.1) is 0 Å². The van der Waals surface area contributed by atoms with Crippen molar-refractivity contribution < 1.29 is 42.1 Å². The molecule has 9 nitrogen and oxygen atoms in total. The Balaban J connectivity index is 4.17. The Morgan fingerprint density at radius 2 is 0.628 bits per heavy atom. The van der Waals surface area contributed by atoms with Crippen molar-refractivity contribution >= 4 is 19.8 Å². The first-order valence-electron chi connectivity index (χ1n) is 33.2. The maximum Gasteiger partial charge on any atom is 0.472 e. The Morgan fingerprint density at radius 3 is 0.953 bits per heavy atom. The van der Waals surface area contributed by atoms with Gasteiger partial charge >= 0.3 is 19.8 Å². The van der Waals surface area contributed by atoms with Crippen molar-refractivity contribution in [2.24, 2.45) is 0 Å². The third kappa shape index (κ3) is 68.0. The average molecular weight is 1210 g/mol. The van der Waals surface area contributed by atoms with E-state index < -0.39 is 32.5 Å². The van der Waals surface area contributed by atoms with Crippen LogP contribution < -0.4 is 0 Å². The first kappa shape index (κ1) is 80.8. The minimum Gasteiger partial charge on any atom is -0.462 e. The molecule has 2 atom stereocenters. The number of ether oxygens (including phenoxy) is 2. The Bertz CT molecular complexity index is 2150. The summed E-state index contributed by atoms with van der Waals surface area (Å²) in [7, 11) is 1.42. The fraction of sp³-hybridized carbons (Fsp3) is 0.553.